The van der Waals surface area contributed by atoms with E-state index < -0.39 is 4.92 Å². The van der Waals surface area contributed by atoms with E-state index in [2.05, 4.69) is 10.3 Å². The number of anilines is 2. The Hall–Kier alpha value is -3.02. The molecule has 0 bridgehead atoms. The maximum atomic E-state index is 14.1. The SMILES string of the molecule is O=[N+]([O-])c1ccc2nc3c(c(Nc4ccccc4F)c2c1)CCCC3. The number of nitro groups is 1. The fraction of sp³-hybridized carbons (Fsp3) is 0.211. The number of fused-ring (bicyclic) bond motifs is 2. The molecule has 0 saturated carbocycles. The summed E-state index contributed by atoms with van der Waals surface area (Å²) in [6.07, 6.45) is 3.80. The van der Waals surface area contributed by atoms with Crippen LogP contribution in [0, 0.1) is 15.9 Å². The Kier molecular flexibility index (Phi) is 3.80. The van der Waals surface area contributed by atoms with Crippen molar-refractivity contribution >= 4 is 28.0 Å². The van der Waals surface area contributed by atoms with Crippen LogP contribution in [0.5, 0.6) is 0 Å². The molecule has 0 saturated heterocycles. The molecule has 0 aliphatic heterocycles. The average molecular weight is 337 g/mol. The third-order valence-corrected chi connectivity index (χ3v) is 4.59. The molecular formula is C19H16FN3O2. The standard InChI is InChI=1S/C19H16FN3O2/c20-15-6-2-4-8-18(15)22-19-13-5-1-3-7-16(13)21-17-10-9-12(23(24)25)11-14(17)19/h2,4,6,8-11H,1,3,5,7H2,(H,21,22). The molecular weight excluding hydrogens is 321 g/mol. The lowest BCUT2D eigenvalue weighted by molar-refractivity contribution is -0.384. The first kappa shape index (κ1) is 15.5. The molecule has 0 spiro atoms. The van der Waals surface area contributed by atoms with Gasteiger partial charge in [0.25, 0.3) is 5.69 Å². The number of aryl methyl sites for hydroxylation is 1. The molecule has 3 aromatic rings. The van der Waals surface area contributed by atoms with Crippen LogP contribution in [0.25, 0.3) is 10.9 Å². The zero-order valence-corrected chi connectivity index (χ0v) is 13.5. The molecule has 1 aromatic heterocycles. The fourth-order valence-corrected chi connectivity index (χ4v) is 3.37. The zero-order valence-electron chi connectivity index (χ0n) is 13.5. The number of non-ortho nitro benzene ring substituents is 1. The Morgan fingerprint density at radius 1 is 1.12 bits per heavy atom. The third-order valence-electron chi connectivity index (χ3n) is 4.59. The fourth-order valence-electron chi connectivity index (χ4n) is 3.37. The van der Waals surface area contributed by atoms with E-state index in [0.29, 0.717) is 16.6 Å². The molecule has 0 amide bonds. The van der Waals surface area contributed by atoms with Gasteiger partial charge in [-0.25, -0.2) is 4.39 Å². The maximum Gasteiger partial charge on any atom is 0.270 e. The highest BCUT2D eigenvalue weighted by atomic mass is 19.1. The van der Waals surface area contributed by atoms with Crippen molar-refractivity contribution in [2.24, 2.45) is 0 Å². The minimum Gasteiger partial charge on any atom is -0.352 e. The van der Waals surface area contributed by atoms with Gasteiger partial charge in [-0.3, -0.25) is 15.1 Å². The second kappa shape index (κ2) is 6.12. The minimum atomic E-state index is -0.425. The molecule has 126 valence electrons. The van der Waals surface area contributed by atoms with Crippen LogP contribution in [0.15, 0.2) is 42.5 Å². The molecule has 25 heavy (non-hydrogen) atoms. The van der Waals surface area contributed by atoms with Gasteiger partial charge in [0.1, 0.15) is 5.82 Å². The smallest absolute Gasteiger partial charge is 0.270 e. The van der Waals surface area contributed by atoms with E-state index in [1.807, 2.05) is 0 Å². The number of para-hydroxylation sites is 1. The quantitative estimate of drug-likeness (QED) is 0.545. The van der Waals surface area contributed by atoms with E-state index >= 15 is 0 Å². The van der Waals surface area contributed by atoms with Crippen LogP contribution in [-0.2, 0) is 12.8 Å². The second-order valence-corrected chi connectivity index (χ2v) is 6.18. The second-order valence-electron chi connectivity index (χ2n) is 6.18. The molecule has 1 heterocycles. The predicted molar refractivity (Wildman–Crippen MR) is 94.7 cm³/mol. The summed E-state index contributed by atoms with van der Waals surface area (Å²) in [5, 5.41) is 15.0. The first-order valence-electron chi connectivity index (χ1n) is 8.25. The predicted octanol–water partition coefficient (Wildman–Crippen LogP) is 4.90. The monoisotopic (exact) mass is 337 g/mol. The van der Waals surface area contributed by atoms with Crippen LogP contribution in [0.4, 0.5) is 21.5 Å². The summed E-state index contributed by atoms with van der Waals surface area (Å²) < 4.78 is 14.1. The molecule has 2 aromatic carbocycles. The van der Waals surface area contributed by atoms with Crippen LogP contribution in [0.3, 0.4) is 0 Å². The van der Waals surface area contributed by atoms with Gasteiger partial charge >= 0.3 is 0 Å². The van der Waals surface area contributed by atoms with Gasteiger partial charge in [0.2, 0.25) is 0 Å². The Morgan fingerprint density at radius 3 is 2.72 bits per heavy atom. The molecule has 0 unspecified atom stereocenters. The van der Waals surface area contributed by atoms with Gasteiger partial charge in [-0.15, -0.1) is 0 Å². The first-order valence-corrected chi connectivity index (χ1v) is 8.25. The van der Waals surface area contributed by atoms with Crippen LogP contribution >= 0.6 is 0 Å². The summed E-state index contributed by atoms with van der Waals surface area (Å²) >= 11 is 0. The van der Waals surface area contributed by atoms with Crippen LogP contribution in [-0.4, -0.2) is 9.91 Å². The van der Waals surface area contributed by atoms with Gasteiger partial charge in [-0.05, 0) is 49.4 Å². The summed E-state index contributed by atoms with van der Waals surface area (Å²) in [5.74, 6) is -0.359. The number of nitro benzene ring substituents is 1. The van der Waals surface area contributed by atoms with E-state index in [9.17, 15) is 14.5 Å². The van der Waals surface area contributed by atoms with Crippen molar-refractivity contribution in [3.8, 4) is 0 Å². The molecule has 0 radical (unpaired) electrons. The molecule has 5 nitrogen and oxygen atoms in total. The number of nitrogens with zero attached hydrogens (tertiary/aromatic N) is 2. The number of halogens is 1. The number of hydrogen-bond donors (Lipinski definition) is 1. The molecule has 1 aliphatic carbocycles. The largest absolute Gasteiger partial charge is 0.352 e. The zero-order chi connectivity index (χ0) is 17.4. The molecule has 1 N–H and O–H groups in total. The first-order chi connectivity index (χ1) is 12.1. The van der Waals surface area contributed by atoms with Crippen molar-refractivity contribution in [1.82, 2.24) is 4.98 Å². The lowest BCUT2D eigenvalue weighted by Crippen LogP contribution is -2.10. The number of nitrogens with one attached hydrogen (secondary N) is 1. The van der Waals surface area contributed by atoms with Gasteiger partial charge in [0, 0.05) is 23.2 Å². The van der Waals surface area contributed by atoms with Crippen molar-refractivity contribution in [2.75, 3.05) is 5.32 Å². The molecule has 6 heteroatoms. The summed E-state index contributed by atoms with van der Waals surface area (Å²) in [6, 6.07) is 11.1. The molecule has 4 rings (SSSR count). The number of rotatable bonds is 3. The Bertz CT molecular complexity index is 988. The van der Waals surface area contributed by atoms with Crippen molar-refractivity contribution in [3.63, 3.8) is 0 Å². The summed E-state index contributed by atoms with van der Waals surface area (Å²) in [4.78, 5) is 15.4. The number of pyridine rings is 1. The molecule has 1 aliphatic rings. The van der Waals surface area contributed by atoms with E-state index in [1.165, 1.54) is 18.2 Å². The maximum absolute atomic E-state index is 14.1. The van der Waals surface area contributed by atoms with Gasteiger partial charge < -0.3 is 5.32 Å². The Morgan fingerprint density at radius 2 is 1.92 bits per heavy atom. The van der Waals surface area contributed by atoms with Crippen molar-refractivity contribution in [3.05, 3.63) is 69.7 Å². The highest BCUT2D eigenvalue weighted by Gasteiger charge is 2.20. The van der Waals surface area contributed by atoms with Gasteiger partial charge in [-0.2, -0.15) is 0 Å². The Labute approximate surface area is 143 Å². The highest BCUT2D eigenvalue weighted by Crippen LogP contribution is 2.37. The van der Waals surface area contributed by atoms with Crippen molar-refractivity contribution in [1.29, 1.82) is 0 Å². The van der Waals surface area contributed by atoms with Gasteiger partial charge in [0.05, 0.1) is 21.8 Å². The van der Waals surface area contributed by atoms with Crippen molar-refractivity contribution in [2.45, 2.75) is 25.7 Å². The van der Waals surface area contributed by atoms with E-state index in [4.69, 9.17) is 0 Å². The minimum absolute atomic E-state index is 0.00152. The van der Waals surface area contributed by atoms with E-state index in [-0.39, 0.29) is 11.5 Å². The van der Waals surface area contributed by atoms with Crippen LogP contribution in [0.2, 0.25) is 0 Å². The number of hydrogen-bond acceptors (Lipinski definition) is 4. The number of aromatic nitrogens is 1. The summed E-state index contributed by atoms with van der Waals surface area (Å²) in [6.45, 7) is 0. The van der Waals surface area contributed by atoms with Crippen LogP contribution < -0.4 is 5.32 Å². The normalized spacial score (nSPS) is 13.5. The summed E-state index contributed by atoms with van der Waals surface area (Å²) in [7, 11) is 0. The topological polar surface area (TPSA) is 68.1 Å². The van der Waals surface area contributed by atoms with Crippen molar-refractivity contribution < 1.29 is 9.31 Å². The third kappa shape index (κ3) is 2.80. The average Bonchev–Trinajstić information content (AvgIpc) is 2.62. The molecule has 0 atom stereocenters. The molecule has 0 fully saturated rings. The number of benzene rings is 2. The van der Waals surface area contributed by atoms with Gasteiger partial charge in [0.15, 0.2) is 0 Å². The lowest BCUT2D eigenvalue weighted by atomic mass is 9.92. The van der Waals surface area contributed by atoms with Crippen LogP contribution in [0.1, 0.15) is 24.1 Å². The summed E-state index contributed by atoms with van der Waals surface area (Å²) in [5.41, 5.74) is 3.79. The van der Waals surface area contributed by atoms with Gasteiger partial charge in [-0.1, -0.05) is 12.1 Å². The van der Waals surface area contributed by atoms with E-state index in [0.717, 1.165) is 42.6 Å². The van der Waals surface area contributed by atoms with E-state index in [1.54, 1.807) is 24.3 Å². The highest BCUT2D eigenvalue weighted by molar-refractivity contribution is 5.96. The Balaban J connectivity index is 1.96. The lowest BCUT2D eigenvalue weighted by Gasteiger charge is -2.21.